The number of rotatable bonds is 7. The molecule has 156 valence electrons. The normalized spacial score (nSPS) is 10.0. The lowest BCUT2D eigenvalue weighted by Crippen LogP contribution is -1.86. The molecule has 0 aliphatic heterocycles. The van der Waals surface area contributed by atoms with Crippen molar-refractivity contribution in [2.75, 3.05) is 0 Å². The van der Waals surface area contributed by atoms with E-state index in [2.05, 4.69) is 98.2 Å². The molecule has 0 saturated heterocycles. The van der Waals surface area contributed by atoms with Gasteiger partial charge in [0.25, 0.3) is 0 Å². The Hall–Kier alpha value is -3.22. The molecule has 31 heavy (non-hydrogen) atoms. The number of aryl methyl sites for hydroxylation is 1. The summed E-state index contributed by atoms with van der Waals surface area (Å²) in [6, 6.07) is 25.7. The molecule has 0 amide bonds. The highest BCUT2D eigenvalue weighted by atomic mass is 14.0. The third-order valence-corrected chi connectivity index (χ3v) is 5.37. The van der Waals surface area contributed by atoms with Gasteiger partial charge in [-0.3, -0.25) is 0 Å². The Morgan fingerprint density at radius 1 is 0.516 bits per heavy atom. The fourth-order valence-corrected chi connectivity index (χ4v) is 3.40. The van der Waals surface area contributed by atoms with Crippen molar-refractivity contribution in [3.8, 4) is 34.8 Å². The first-order valence-electron chi connectivity index (χ1n) is 11.6. The van der Waals surface area contributed by atoms with Crippen LogP contribution < -0.4 is 0 Å². The van der Waals surface area contributed by atoms with Gasteiger partial charge < -0.3 is 0 Å². The maximum Gasteiger partial charge on any atom is 0.0249 e. The number of benzene rings is 3. The van der Waals surface area contributed by atoms with Crippen LogP contribution in [-0.4, -0.2) is 0 Å². The molecular formula is C31H32. The molecule has 3 aromatic carbocycles. The van der Waals surface area contributed by atoms with Crippen LogP contribution in [0, 0.1) is 23.7 Å². The van der Waals surface area contributed by atoms with Crippen LogP contribution >= 0.6 is 0 Å². The molecule has 0 heteroatoms. The van der Waals surface area contributed by atoms with Gasteiger partial charge in [0.2, 0.25) is 0 Å². The highest BCUT2D eigenvalue weighted by molar-refractivity contribution is 5.64. The van der Waals surface area contributed by atoms with Gasteiger partial charge in [0.1, 0.15) is 0 Å². The van der Waals surface area contributed by atoms with Crippen LogP contribution in [0.3, 0.4) is 0 Å². The van der Waals surface area contributed by atoms with Crippen LogP contribution in [0.2, 0.25) is 0 Å². The number of hydrogen-bond donors (Lipinski definition) is 0. The largest absolute Gasteiger partial charge is 0.0979 e. The minimum atomic E-state index is 0.969. The van der Waals surface area contributed by atoms with Gasteiger partial charge in [-0.1, -0.05) is 93.2 Å². The summed E-state index contributed by atoms with van der Waals surface area (Å²) in [7, 11) is 0. The Morgan fingerprint density at radius 2 is 1.00 bits per heavy atom. The third-order valence-electron chi connectivity index (χ3n) is 5.37. The van der Waals surface area contributed by atoms with Crippen LogP contribution in [0.25, 0.3) is 11.1 Å². The second-order valence-corrected chi connectivity index (χ2v) is 7.96. The number of hydrogen-bond acceptors (Lipinski definition) is 0. The Morgan fingerprint density at radius 3 is 1.55 bits per heavy atom. The summed E-state index contributed by atoms with van der Waals surface area (Å²) in [5.74, 6) is 13.0. The zero-order valence-electron chi connectivity index (χ0n) is 18.9. The molecule has 0 radical (unpaired) electrons. The molecule has 0 spiro atoms. The van der Waals surface area contributed by atoms with Gasteiger partial charge in [0.15, 0.2) is 0 Å². The van der Waals surface area contributed by atoms with E-state index < -0.39 is 0 Å². The SMILES string of the molecule is CCCCC#Cc1ccc(C#Cc2ccc(-c3ccc(CCCCC)cc3)cc2)cc1. The van der Waals surface area contributed by atoms with Crippen LogP contribution in [0.4, 0.5) is 0 Å². The highest BCUT2D eigenvalue weighted by Crippen LogP contribution is 2.21. The summed E-state index contributed by atoms with van der Waals surface area (Å²) in [6.07, 6.45) is 8.35. The van der Waals surface area contributed by atoms with Crippen molar-refractivity contribution in [1.29, 1.82) is 0 Å². The first-order chi connectivity index (χ1) is 15.3. The smallest absolute Gasteiger partial charge is 0.0249 e. The van der Waals surface area contributed by atoms with E-state index in [9.17, 15) is 0 Å². The minimum Gasteiger partial charge on any atom is -0.0979 e. The van der Waals surface area contributed by atoms with Gasteiger partial charge in [-0.25, -0.2) is 0 Å². The Labute approximate surface area is 188 Å². The average molecular weight is 405 g/mol. The van der Waals surface area contributed by atoms with Crippen LogP contribution in [0.1, 0.15) is 74.6 Å². The van der Waals surface area contributed by atoms with Crippen molar-refractivity contribution >= 4 is 0 Å². The Kier molecular flexibility index (Phi) is 9.04. The summed E-state index contributed by atoms with van der Waals surface area (Å²) < 4.78 is 0. The van der Waals surface area contributed by atoms with Gasteiger partial charge in [-0.2, -0.15) is 0 Å². The molecule has 3 rings (SSSR count). The van der Waals surface area contributed by atoms with Crippen molar-refractivity contribution in [1.82, 2.24) is 0 Å². The first kappa shape index (κ1) is 22.5. The van der Waals surface area contributed by atoms with Crippen LogP contribution in [0.15, 0.2) is 72.8 Å². The predicted octanol–water partition coefficient (Wildman–Crippen LogP) is 8.03. The molecule has 0 heterocycles. The fraction of sp³-hybridized carbons (Fsp3) is 0.290. The molecule has 0 unspecified atom stereocenters. The predicted molar refractivity (Wildman–Crippen MR) is 134 cm³/mol. The quantitative estimate of drug-likeness (QED) is 0.276. The van der Waals surface area contributed by atoms with Gasteiger partial charge >= 0.3 is 0 Å². The van der Waals surface area contributed by atoms with Gasteiger partial charge in [0.05, 0.1) is 0 Å². The molecule has 0 aliphatic rings. The van der Waals surface area contributed by atoms with Gasteiger partial charge in [0, 0.05) is 23.1 Å². The summed E-state index contributed by atoms with van der Waals surface area (Å²) in [4.78, 5) is 0. The van der Waals surface area contributed by atoms with Crippen LogP contribution in [-0.2, 0) is 6.42 Å². The molecule has 0 saturated carbocycles. The van der Waals surface area contributed by atoms with E-state index in [-0.39, 0.29) is 0 Å². The minimum absolute atomic E-state index is 0.969. The van der Waals surface area contributed by atoms with Crippen molar-refractivity contribution in [2.45, 2.75) is 58.8 Å². The second-order valence-electron chi connectivity index (χ2n) is 7.96. The van der Waals surface area contributed by atoms with E-state index in [4.69, 9.17) is 0 Å². The molecule has 0 N–H and O–H groups in total. The lowest BCUT2D eigenvalue weighted by atomic mass is 10.0. The summed E-state index contributed by atoms with van der Waals surface area (Å²) in [5.41, 5.74) is 7.02. The zero-order valence-corrected chi connectivity index (χ0v) is 18.9. The highest BCUT2D eigenvalue weighted by Gasteiger charge is 1.99. The second kappa shape index (κ2) is 12.5. The molecule has 0 nitrogen and oxygen atoms in total. The molecule has 0 aliphatic carbocycles. The van der Waals surface area contributed by atoms with E-state index >= 15 is 0 Å². The van der Waals surface area contributed by atoms with Crippen molar-refractivity contribution < 1.29 is 0 Å². The maximum absolute atomic E-state index is 3.27. The zero-order chi connectivity index (χ0) is 21.7. The molecule has 0 atom stereocenters. The van der Waals surface area contributed by atoms with Crippen molar-refractivity contribution in [3.63, 3.8) is 0 Å². The summed E-state index contributed by atoms with van der Waals surface area (Å²) >= 11 is 0. The van der Waals surface area contributed by atoms with E-state index in [0.717, 1.165) is 23.1 Å². The fourth-order valence-electron chi connectivity index (χ4n) is 3.40. The first-order valence-corrected chi connectivity index (χ1v) is 11.6. The maximum atomic E-state index is 3.27. The molecule has 0 fully saturated rings. The Bertz CT molecular complexity index is 1040. The van der Waals surface area contributed by atoms with Gasteiger partial charge in [-0.05, 0) is 72.4 Å². The molecule has 0 bridgehead atoms. The average Bonchev–Trinajstić information content (AvgIpc) is 2.82. The Balaban J connectivity index is 1.59. The van der Waals surface area contributed by atoms with Crippen molar-refractivity contribution in [2.24, 2.45) is 0 Å². The summed E-state index contributed by atoms with van der Waals surface area (Å²) in [5, 5.41) is 0. The van der Waals surface area contributed by atoms with Crippen LogP contribution in [0.5, 0.6) is 0 Å². The van der Waals surface area contributed by atoms with E-state index in [0.29, 0.717) is 0 Å². The standard InChI is InChI=1S/C31H32/c1-3-5-7-9-11-26-12-14-28(15-13-26)16-17-29-20-24-31(25-21-29)30-22-18-27(19-23-30)10-8-6-4-2/h12-15,18-25H,3-8,10H2,1-2H3. The lowest BCUT2D eigenvalue weighted by molar-refractivity contribution is 0.717. The summed E-state index contributed by atoms with van der Waals surface area (Å²) in [6.45, 7) is 4.44. The van der Waals surface area contributed by atoms with E-state index in [1.807, 2.05) is 12.1 Å². The molecule has 0 aromatic heterocycles. The van der Waals surface area contributed by atoms with Gasteiger partial charge in [-0.15, -0.1) is 0 Å². The topological polar surface area (TPSA) is 0 Å². The number of unbranched alkanes of at least 4 members (excludes halogenated alkanes) is 4. The van der Waals surface area contributed by atoms with E-state index in [1.165, 1.54) is 55.2 Å². The molecule has 3 aromatic rings. The monoisotopic (exact) mass is 404 g/mol. The lowest BCUT2D eigenvalue weighted by Gasteiger charge is -2.05. The molecular weight excluding hydrogens is 372 g/mol. The third kappa shape index (κ3) is 7.51. The van der Waals surface area contributed by atoms with E-state index in [1.54, 1.807) is 0 Å². The van der Waals surface area contributed by atoms with Crippen molar-refractivity contribution in [3.05, 3.63) is 95.1 Å².